The highest BCUT2D eigenvalue weighted by molar-refractivity contribution is 7.47. The lowest BCUT2D eigenvalue weighted by Gasteiger charge is -2.21. The maximum absolute atomic E-state index is 12.9. The number of phosphoric ester groups is 1. The number of phosphoric acid groups is 1. The number of hydrogen-bond donors (Lipinski definition) is 2. The molecule has 0 radical (unpaired) electrons. The Balaban J connectivity index is 4.77. The Kier molecular flexibility index (Phi) is 53.4. The van der Waals surface area contributed by atoms with Crippen LogP contribution in [0.4, 0.5) is 0 Å². The molecule has 0 saturated carbocycles. The summed E-state index contributed by atoms with van der Waals surface area (Å²) in [4.78, 5) is 48.5. The van der Waals surface area contributed by atoms with Crippen LogP contribution < -0.4 is 0 Å². The molecule has 0 aliphatic heterocycles. The van der Waals surface area contributed by atoms with E-state index in [9.17, 15) is 28.9 Å². The zero-order chi connectivity index (χ0) is 54.1. The summed E-state index contributed by atoms with van der Waals surface area (Å²) in [6.07, 6.45) is 64.0. The maximum Gasteiger partial charge on any atom is 0.472 e. The number of hydrogen-bond acceptors (Lipinski definition) is 10. The largest absolute Gasteiger partial charge is 0.472 e. The van der Waals surface area contributed by atoms with Gasteiger partial charge in [0.05, 0.1) is 19.8 Å². The fourth-order valence-electron chi connectivity index (χ4n) is 7.82. The summed E-state index contributed by atoms with van der Waals surface area (Å²) in [5.41, 5.74) is 0. The Morgan fingerprint density at radius 3 is 1.14 bits per heavy atom. The Morgan fingerprint density at radius 1 is 0.392 bits per heavy atom. The van der Waals surface area contributed by atoms with Crippen LogP contribution in [0.2, 0.25) is 0 Å². The second kappa shape index (κ2) is 55.9. The molecule has 0 spiro atoms. The van der Waals surface area contributed by atoms with E-state index in [1.807, 2.05) is 0 Å². The zero-order valence-electron chi connectivity index (χ0n) is 47.0. The number of carbonyl (C=O) groups excluding carboxylic acids is 3. The highest BCUT2D eigenvalue weighted by Gasteiger charge is 2.28. The monoisotopic (exact) mass is 1060 g/mol. The first-order valence-corrected chi connectivity index (χ1v) is 31.0. The van der Waals surface area contributed by atoms with Crippen molar-refractivity contribution in [1.82, 2.24) is 0 Å². The van der Waals surface area contributed by atoms with Crippen LogP contribution in [0, 0.1) is 0 Å². The van der Waals surface area contributed by atoms with Crippen LogP contribution in [0.15, 0.2) is 85.1 Å². The molecule has 0 aromatic heterocycles. The smallest absolute Gasteiger partial charge is 0.462 e. The summed E-state index contributed by atoms with van der Waals surface area (Å²) in [7, 11) is -4.76. The van der Waals surface area contributed by atoms with E-state index in [4.69, 9.17) is 23.3 Å². The molecular weight excluding hydrogens is 952 g/mol. The van der Waals surface area contributed by atoms with Gasteiger partial charge in [-0.15, -0.1) is 0 Å². The summed E-state index contributed by atoms with van der Waals surface area (Å²) in [5.74, 6) is -1.52. The highest BCUT2D eigenvalue weighted by atomic mass is 31.2. The molecule has 0 rings (SSSR count). The van der Waals surface area contributed by atoms with Crippen LogP contribution in [0.1, 0.15) is 252 Å². The fourth-order valence-corrected chi connectivity index (χ4v) is 8.61. The van der Waals surface area contributed by atoms with Gasteiger partial charge in [-0.05, 0) is 96.3 Å². The molecule has 2 N–H and O–H groups in total. The van der Waals surface area contributed by atoms with Gasteiger partial charge in [0.15, 0.2) is 6.10 Å². The molecule has 0 fully saturated rings. The minimum absolute atomic E-state index is 0.122. The Labute approximate surface area is 451 Å². The molecule has 0 saturated heterocycles. The number of unbranched alkanes of at least 4 members (excludes halogenated alkanes) is 23. The third-order valence-corrected chi connectivity index (χ3v) is 13.3. The van der Waals surface area contributed by atoms with Crippen molar-refractivity contribution in [3.8, 4) is 0 Å². The fraction of sp³-hybridized carbons (Fsp3) is 0.726. The summed E-state index contributed by atoms with van der Waals surface area (Å²) in [6.45, 7) is 4.45. The van der Waals surface area contributed by atoms with Crippen molar-refractivity contribution in [3.05, 3.63) is 85.1 Å². The molecule has 3 atom stereocenters. The number of allylic oxidation sites excluding steroid dienone is 14. The average molecular weight is 1060 g/mol. The minimum Gasteiger partial charge on any atom is -0.462 e. The van der Waals surface area contributed by atoms with Gasteiger partial charge >= 0.3 is 25.7 Å². The number of rotatable bonds is 54. The van der Waals surface area contributed by atoms with Crippen LogP contribution in [-0.4, -0.2) is 66.5 Å². The van der Waals surface area contributed by atoms with Crippen LogP contribution in [0.3, 0.4) is 0 Å². The van der Waals surface area contributed by atoms with Crippen molar-refractivity contribution >= 4 is 25.7 Å². The first-order valence-electron chi connectivity index (χ1n) is 29.5. The molecule has 3 unspecified atom stereocenters. The van der Waals surface area contributed by atoms with Gasteiger partial charge in [-0.25, -0.2) is 4.57 Å². The van der Waals surface area contributed by atoms with Crippen LogP contribution in [0.5, 0.6) is 0 Å². The summed E-state index contributed by atoms with van der Waals surface area (Å²) < 4.78 is 39.5. The predicted molar refractivity (Wildman–Crippen MR) is 307 cm³/mol. The SMILES string of the molecule is CC/C=C\C/C=C\C/C=C\C/C=C\CCCCC(=O)OC(CO)COP(=O)(O)OCC(COC(=O)CCCCCCCCCCCCCCC)OC(=O)CCCCCCCC/C=C\C/C=C\C/C=C\CCCCC. The molecular formula is C62H107O11P. The molecule has 0 aromatic rings. The van der Waals surface area contributed by atoms with Crippen LogP contribution in [0.25, 0.3) is 0 Å². The van der Waals surface area contributed by atoms with Gasteiger partial charge in [0.2, 0.25) is 0 Å². The highest BCUT2D eigenvalue weighted by Crippen LogP contribution is 2.43. The van der Waals surface area contributed by atoms with Gasteiger partial charge in [-0.2, -0.15) is 0 Å². The lowest BCUT2D eigenvalue weighted by molar-refractivity contribution is -0.161. The van der Waals surface area contributed by atoms with E-state index in [-0.39, 0.29) is 25.9 Å². The molecule has 11 nitrogen and oxygen atoms in total. The van der Waals surface area contributed by atoms with Crippen molar-refractivity contribution in [2.75, 3.05) is 26.4 Å². The van der Waals surface area contributed by atoms with Crippen LogP contribution in [-0.2, 0) is 42.2 Å². The van der Waals surface area contributed by atoms with E-state index in [1.54, 1.807) is 0 Å². The van der Waals surface area contributed by atoms with E-state index in [0.717, 1.165) is 109 Å². The molecule has 74 heavy (non-hydrogen) atoms. The first kappa shape index (κ1) is 70.7. The second-order valence-electron chi connectivity index (χ2n) is 19.4. The summed E-state index contributed by atoms with van der Waals surface area (Å²) in [6, 6.07) is 0. The second-order valence-corrected chi connectivity index (χ2v) is 20.9. The summed E-state index contributed by atoms with van der Waals surface area (Å²) >= 11 is 0. The van der Waals surface area contributed by atoms with Crippen molar-refractivity contribution < 1.29 is 52.2 Å². The summed E-state index contributed by atoms with van der Waals surface area (Å²) in [5, 5.41) is 9.81. The zero-order valence-corrected chi connectivity index (χ0v) is 47.9. The molecule has 0 aliphatic carbocycles. The van der Waals surface area contributed by atoms with E-state index in [0.29, 0.717) is 19.3 Å². The van der Waals surface area contributed by atoms with Gasteiger partial charge in [0, 0.05) is 19.3 Å². The number of carbonyl (C=O) groups is 3. The third kappa shape index (κ3) is 53.5. The normalized spacial score (nSPS) is 14.0. The van der Waals surface area contributed by atoms with Crippen molar-refractivity contribution in [3.63, 3.8) is 0 Å². The molecule has 0 heterocycles. The van der Waals surface area contributed by atoms with Gasteiger partial charge in [0.1, 0.15) is 12.7 Å². The van der Waals surface area contributed by atoms with E-state index >= 15 is 0 Å². The quantitative estimate of drug-likeness (QED) is 0.0197. The number of esters is 3. The van der Waals surface area contributed by atoms with E-state index in [1.165, 1.54) is 83.5 Å². The Bertz CT molecular complexity index is 1560. The Hall–Kier alpha value is -3.34. The predicted octanol–water partition coefficient (Wildman–Crippen LogP) is 17.5. The van der Waals surface area contributed by atoms with Gasteiger partial charge in [0.25, 0.3) is 0 Å². The average Bonchev–Trinajstić information content (AvgIpc) is 3.39. The molecule has 0 aromatic carbocycles. The van der Waals surface area contributed by atoms with Crippen LogP contribution >= 0.6 is 7.82 Å². The van der Waals surface area contributed by atoms with Crippen molar-refractivity contribution in [2.45, 2.75) is 264 Å². The lowest BCUT2D eigenvalue weighted by Crippen LogP contribution is -2.30. The molecule has 12 heteroatoms. The standard InChI is InChI=1S/C62H107O11P/c1-4-7-10-13-16-19-22-25-27-28-29-30-32-35-38-41-44-47-50-53-62(66)73-59(55-69-60(64)51-48-45-42-39-36-33-24-21-18-15-12-9-6-3)57-71-74(67,68)70-56-58(54-63)72-61(65)52-49-46-43-40-37-34-31-26-23-20-17-14-11-8-5-2/h8,11,16-17,19-20,25-27,29-31,37,40,58-59,63H,4-7,9-10,12-15,18,21-24,28,32-36,38-39,41-57H2,1-3H3,(H,67,68)/b11-8-,19-16-,20-17-,27-25-,30-29-,31-26-,40-37-. The molecule has 0 aliphatic rings. The van der Waals surface area contributed by atoms with Gasteiger partial charge < -0.3 is 24.2 Å². The topological polar surface area (TPSA) is 155 Å². The van der Waals surface area contributed by atoms with Crippen molar-refractivity contribution in [2.24, 2.45) is 0 Å². The molecule has 426 valence electrons. The minimum atomic E-state index is -4.76. The van der Waals surface area contributed by atoms with Gasteiger partial charge in [-0.3, -0.25) is 23.4 Å². The molecule has 0 amide bonds. The number of ether oxygens (including phenoxy) is 3. The van der Waals surface area contributed by atoms with E-state index in [2.05, 4.69) is 106 Å². The van der Waals surface area contributed by atoms with Gasteiger partial charge in [-0.1, -0.05) is 221 Å². The third-order valence-electron chi connectivity index (χ3n) is 12.3. The maximum atomic E-state index is 12.9. The van der Waals surface area contributed by atoms with E-state index < -0.39 is 57.8 Å². The molecule has 0 bridgehead atoms. The first-order chi connectivity index (χ1) is 36.2. The lowest BCUT2D eigenvalue weighted by atomic mass is 10.0. The number of aliphatic hydroxyl groups excluding tert-OH is 1. The number of aliphatic hydroxyl groups is 1. The Morgan fingerprint density at radius 2 is 0.703 bits per heavy atom. The van der Waals surface area contributed by atoms with Crippen molar-refractivity contribution in [1.29, 1.82) is 0 Å².